The summed E-state index contributed by atoms with van der Waals surface area (Å²) in [6, 6.07) is 17.6. The summed E-state index contributed by atoms with van der Waals surface area (Å²) in [7, 11) is 3.58. The Morgan fingerprint density at radius 1 is 1.00 bits per heavy atom. The number of hydrogen-bond acceptors (Lipinski definition) is 7. The van der Waals surface area contributed by atoms with Crippen molar-refractivity contribution in [2.24, 2.45) is 14.1 Å². The van der Waals surface area contributed by atoms with Crippen molar-refractivity contribution >= 4 is 39.5 Å². The monoisotopic (exact) mass is 728 g/mol. The molecule has 1 fully saturated rings. The van der Waals surface area contributed by atoms with Crippen molar-refractivity contribution in [2.45, 2.75) is 38.7 Å². The van der Waals surface area contributed by atoms with E-state index in [9.17, 15) is 23.6 Å². The van der Waals surface area contributed by atoms with Crippen LogP contribution in [0.25, 0.3) is 44.2 Å². The average molecular weight is 729 g/mol. The number of aryl methyl sites for hydroxylation is 2. The summed E-state index contributed by atoms with van der Waals surface area (Å²) < 4.78 is 38.0. The second-order valence-corrected chi connectivity index (χ2v) is 13.3. The summed E-state index contributed by atoms with van der Waals surface area (Å²) >= 11 is 0. The van der Waals surface area contributed by atoms with Crippen LogP contribution in [0.3, 0.4) is 0 Å². The molecular formula is C41H34F2N6O5. The molecule has 0 radical (unpaired) electrons. The van der Waals surface area contributed by atoms with Gasteiger partial charge in [0.2, 0.25) is 5.91 Å². The fourth-order valence-electron chi connectivity index (χ4n) is 6.56. The molecule has 1 unspecified atom stereocenters. The standard InChI is InChI=1S/C41H34F2N6O5/c1-22(2)28-17-26(19-33-37(28)49(4)41(53)48(33)3)27-9-5-7-24-18-32(46-21-29(24)27)25-11-13-31(45-20-25)39(51)44-16-6-8-23-10-12-30(42)38(36(23)43)54-34-14-15-35(50)47-40(34)52/h5,7,9-13,17-22,34H,14-16H2,1-4H3,(H,44,51)(H,47,50,52). The van der Waals surface area contributed by atoms with Gasteiger partial charge in [-0.05, 0) is 70.5 Å². The van der Waals surface area contributed by atoms with Gasteiger partial charge in [0.05, 0.1) is 28.8 Å². The molecule has 0 bridgehead atoms. The summed E-state index contributed by atoms with van der Waals surface area (Å²) in [4.78, 5) is 58.0. The number of piperidine rings is 1. The lowest BCUT2D eigenvalue weighted by atomic mass is 9.93. The van der Waals surface area contributed by atoms with Crippen molar-refractivity contribution in [3.63, 3.8) is 0 Å². The number of carbonyl (C=O) groups excluding carboxylic acids is 3. The van der Waals surface area contributed by atoms with E-state index in [1.165, 1.54) is 0 Å². The van der Waals surface area contributed by atoms with Gasteiger partial charge in [-0.15, -0.1) is 0 Å². The Balaban J connectivity index is 1.05. The first-order valence-corrected chi connectivity index (χ1v) is 17.2. The lowest BCUT2D eigenvalue weighted by molar-refractivity contribution is -0.139. The molecule has 0 aliphatic carbocycles. The molecule has 1 aliphatic heterocycles. The van der Waals surface area contributed by atoms with Crippen molar-refractivity contribution in [3.8, 4) is 40.0 Å². The number of carbonyl (C=O) groups is 3. The SMILES string of the molecule is CC(C)c1cc(-c2cccc3cc(-c4ccc(C(=O)NCC#Cc5ccc(F)c(OC6CCC(=O)NC6=O)c5F)nc4)ncc23)cc2c1n(C)c(=O)n2C. The molecule has 1 saturated heterocycles. The van der Waals surface area contributed by atoms with E-state index < -0.39 is 41.2 Å². The van der Waals surface area contributed by atoms with Gasteiger partial charge in [0.15, 0.2) is 23.5 Å². The number of nitrogens with one attached hydrogen (secondary N) is 2. The minimum atomic E-state index is -1.23. The van der Waals surface area contributed by atoms with Crippen LogP contribution in [0.15, 0.2) is 77.9 Å². The fraction of sp³-hybridized carbons (Fsp3) is 0.220. The van der Waals surface area contributed by atoms with Crippen molar-refractivity contribution in [3.05, 3.63) is 112 Å². The number of hydrogen-bond donors (Lipinski definition) is 2. The lowest BCUT2D eigenvalue weighted by Gasteiger charge is -2.22. The molecule has 11 nitrogen and oxygen atoms in total. The van der Waals surface area contributed by atoms with E-state index in [0.717, 1.165) is 50.6 Å². The summed E-state index contributed by atoms with van der Waals surface area (Å²) in [6.07, 6.45) is 2.11. The van der Waals surface area contributed by atoms with Gasteiger partial charge in [0.1, 0.15) is 5.69 Å². The molecule has 54 heavy (non-hydrogen) atoms. The first-order valence-electron chi connectivity index (χ1n) is 17.2. The molecule has 0 saturated carbocycles. The second kappa shape index (κ2) is 14.4. The molecule has 3 amide bonds. The highest BCUT2D eigenvalue weighted by Gasteiger charge is 2.30. The molecule has 0 spiro atoms. The zero-order valence-electron chi connectivity index (χ0n) is 29.8. The molecule has 3 aromatic heterocycles. The summed E-state index contributed by atoms with van der Waals surface area (Å²) in [5.41, 5.74) is 6.06. The van der Waals surface area contributed by atoms with Crippen molar-refractivity contribution in [1.29, 1.82) is 0 Å². The number of imidazole rings is 1. The minimum absolute atomic E-state index is 0.0162. The molecule has 4 heterocycles. The highest BCUT2D eigenvalue weighted by Crippen LogP contribution is 2.35. The van der Waals surface area contributed by atoms with Gasteiger partial charge in [0.25, 0.3) is 11.8 Å². The van der Waals surface area contributed by atoms with Gasteiger partial charge < -0.3 is 10.1 Å². The summed E-state index contributed by atoms with van der Waals surface area (Å²) in [5, 5.41) is 6.58. The van der Waals surface area contributed by atoms with Gasteiger partial charge in [-0.25, -0.2) is 13.6 Å². The Kier molecular flexibility index (Phi) is 9.51. The number of imide groups is 1. The van der Waals surface area contributed by atoms with Gasteiger partial charge in [-0.3, -0.25) is 38.8 Å². The van der Waals surface area contributed by atoms with E-state index in [0.29, 0.717) is 11.3 Å². The van der Waals surface area contributed by atoms with E-state index in [-0.39, 0.29) is 42.3 Å². The molecular weight excluding hydrogens is 694 g/mol. The quantitative estimate of drug-likeness (QED) is 0.163. The van der Waals surface area contributed by atoms with Crippen LogP contribution in [0.2, 0.25) is 0 Å². The topological polar surface area (TPSA) is 137 Å². The summed E-state index contributed by atoms with van der Waals surface area (Å²) in [6.45, 7) is 4.07. The van der Waals surface area contributed by atoms with Gasteiger partial charge >= 0.3 is 5.69 Å². The van der Waals surface area contributed by atoms with Crippen LogP contribution in [-0.4, -0.2) is 49.5 Å². The number of pyridine rings is 2. The van der Waals surface area contributed by atoms with Crippen LogP contribution in [0.5, 0.6) is 5.75 Å². The number of halogens is 2. The van der Waals surface area contributed by atoms with Gasteiger partial charge in [-0.1, -0.05) is 43.9 Å². The van der Waals surface area contributed by atoms with Crippen molar-refractivity contribution < 1.29 is 27.9 Å². The van der Waals surface area contributed by atoms with Crippen molar-refractivity contribution in [2.75, 3.05) is 6.54 Å². The molecule has 3 aromatic carbocycles. The maximum atomic E-state index is 15.0. The zero-order valence-corrected chi connectivity index (χ0v) is 29.8. The molecule has 6 aromatic rings. The fourth-order valence-corrected chi connectivity index (χ4v) is 6.56. The number of nitrogens with zero attached hydrogens (tertiary/aromatic N) is 4. The van der Waals surface area contributed by atoms with Crippen LogP contribution < -0.4 is 21.1 Å². The predicted molar refractivity (Wildman–Crippen MR) is 199 cm³/mol. The molecule has 7 rings (SSSR count). The normalized spacial score (nSPS) is 14.2. The Hall–Kier alpha value is -6.68. The molecule has 2 N–H and O–H groups in total. The average Bonchev–Trinajstić information content (AvgIpc) is 3.38. The largest absolute Gasteiger partial charge is 0.474 e. The van der Waals surface area contributed by atoms with E-state index in [1.807, 2.05) is 36.5 Å². The van der Waals surface area contributed by atoms with Crippen LogP contribution in [0, 0.1) is 23.5 Å². The van der Waals surface area contributed by atoms with Crippen LogP contribution >= 0.6 is 0 Å². The van der Waals surface area contributed by atoms with Crippen LogP contribution in [0.4, 0.5) is 8.78 Å². The smallest absolute Gasteiger partial charge is 0.328 e. The molecule has 1 atom stereocenters. The third-order valence-electron chi connectivity index (χ3n) is 9.44. The third-order valence-corrected chi connectivity index (χ3v) is 9.44. The van der Waals surface area contributed by atoms with Crippen LogP contribution in [0.1, 0.15) is 54.2 Å². The Morgan fingerprint density at radius 3 is 2.56 bits per heavy atom. The van der Waals surface area contributed by atoms with E-state index >= 15 is 4.39 Å². The highest BCUT2D eigenvalue weighted by molar-refractivity contribution is 6.01. The van der Waals surface area contributed by atoms with Gasteiger partial charge in [-0.2, -0.15) is 0 Å². The van der Waals surface area contributed by atoms with Crippen LogP contribution in [-0.2, 0) is 23.7 Å². The maximum absolute atomic E-state index is 15.0. The Labute approximate surface area is 308 Å². The number of fused-ring (bicyclic) bond motifs is 2. The highest BCUT2D eigenvalue weighted by atomic mass is 19.1. The third kappa shape index (κ3) is 6.69. The van der Waals surface area contributed by atoms with E-state index in [2.05, 4.69) is 47.4 Å². The zero-order chi connectivity index (χ0) is 38.3. The number of ether oxygens (including phenoxy) is 1. The Bertz CT molecular complexity index is 2640. The van der Waals surface area contributed by atoms with E-state index in [4.69, 9.17) is 9.72 Å². The molecule has 272 valence electrons. The predicted octanol–water partition coefficient (Wildman–Crippen LogP) is 5.52. The van der Waals surface area contributed by atoms with Gasteiger partial charge in [0, 0.05) is 50.3 Å². The van der Waals surface area contributed by atoms with E-state index in [1.54, 1.807) is 41.6 Å². The summed E-state index contributed by atoms with van der Waals surface area (Å²) in [5.74, 6) is 0.689. The van der Waals surface area contributed by atoms with Crippen molar-refractivity contribution in [1.82, 2.24) is 29.7 Å². The number of amides is 3. The number of rotatable bonds is 7. The number of benzene rings is 3. The number of aromatic nitrogens is 4. The first-order chi connectivity index (χ1) is 25.9. The lowest BCUT2D eigenvalue weighted by Crippen LogP contribution is -2.46. The Morgan fingerprint density at radius 2 is 1.81 bits per heavy atom. The first kappa shape index (κ1) is 35.7. The minimum Gasteiger partial charge on any atom is -0.474 e. The maximum Gasteiger partial charge on any atom is 0.328 e. The molecule has 13 heteroatoms. The molecule has 1 aliphatic rings. The second-order valence-electron chi connectivity index (χ2n) is 13.3.